The number of ether oxygens (including phenoxy) is 4. The van der Waals surface area contributed by atoms with Gasteiger partial charge >= 0.3 is 11.9 Å². The molecule has 1 aromatic heterocycles. The van der Waals surface area contributed by atoms with Gasteiger partial charge in [-0.25, -0.2) is 4.79 Å². The van der Waals surface area contributed by atoms with E-state index in [0.717, 1.165) is 17.6 Å². The number of carbonyl (C=O) groups is 2. The number of hydrogen-bond acceptors (Lipinski definition) is 8. The summed E-state index contributed by atoms with van der Waals surface area (Å²) in [7, 11) is 1.42. The predicted molar refractivity (Wildman–Crippen MR) is 150 cm³/mol. The summed E-state index contributed by atoms with van der Waals surface area (Å²) in [5.74, 6) is -1.01. The van der Waals surface area contributed by atoms with Gasteiger partial charge in [-0.1, -0.05) is 31.9 Å². The molecule has 5 aliphatic rings. The van der Waals surface area contributed by atoms with Crippen molar-refractivity contribution in [3.8, 4) is 0 Å². The monoisotopic (exact) mass is 568 g/mol. The number of rotatable bonds is 5. The molecule has 6 rings (SSSR count). The van der Waals surface area contributed by atoms with Crippen LogP contribution in [0.4, 0.5) is 0 Å². The number of allylic oxidation sites excluding steroid dienone is 2. The van der Waals surface area contributed by atoms with Crippen LogP contribution in [0.2, 0.25) is 0 Å². The lowest BCUT2D eigenvalue weighted by molar-refractivity contribution is -0.248. The fourth-order valence-corrected chi connectivity index (χ4v) is 9.74. The Labute approximate surface area is 242 Å². The first-order chi connectivity index (χ1) is 19.3. The molecule has 0 aromatic carbocycles. The van der Waals surface area contributed by atoms with Gasteiger partial charge in [-0.05, 0) is 57.2 Å². The molecule has 1 aromatic rings. The summed E-state index contributed by atoms with van der Waals surface area (Å²) in [4.78, 5) is 26.6. The number of furan rings is 1. The second-order valence-electron chi connectivity index (χ2n) is 14.0. The Balaban J connectivity index is 1.54. The van der Waals surface area contributed by atoms with E-state index in [9.17, 15) is 14.7 Å². The summed E-state index contributed by atoms with van der Waals surface area (Å²) < 4.78 is 30.7. The van der Waals surface area contributed by atoms with E-state index < -0.39 is 28.5 Å². The number of esters is 2. The minimum absolute atomic E-state index is 0.122. The van der Waals surface area contributed by atoms with Crippen LogP contribution in [0, 0.1) is 28.1 Å². The molecule has 3 aliphatic carbocycles. The Morgan fingerprint density at radius 2 is 1.88 bits per heavy atom. The summed E-state index contributed by atoms with van der Waals surface area (Å²) in [5.41, 5.74) is 3.16. The molecule has 41 heavy (non-hydrogen) atoms. The number of methoxy groups -OCH3 is 1. The highest BCUT2D eigenvalue weighted by Crippen LogP contribution is 2.73. The van der Waals surface area contributed by atoms with E-state index >= 15 is 0 Å². The highest BCUT2D eigenvalue weighted by atomic mass is 16.6. The van der Waals surface area contributed by atoms with Gasteiger partial charge in [0.15, 0.2) is 0 Å². The molecular weight excluding hydrogens is 524 g/mol. The third-order valence-corrected chi connectivity index (χ3v) is 12.0. The smallest absolute Gasteiger partial charge is 0.333 e. The van der Waals surface area contributed by atoms with Crippen molar-refractivity contribution in [2.24, 2.45) is 28.1 Å². The summed E-state index contributed by atoms with van der Waals surface area (Å²) in [6.45, 7) is 14.6. The number of hydrogen-bond donors (Lipinski definition) is 1. The van der Waals surface area contributed by atoms with Crippen LogP contribution in [0.25, 0.3) is 0 Å². The quantitative estimate of drug-likeness (QED) is 0.297. The van der Waals surface area contributed by atoms with Gasteiger partial charge in [0.1, 0.15) is 6.10 Å². The molecule has 0 unspecified atom stereocenters. The Morgan fingerprint density at radius 1 is 1.15 bits per heavy atom. The number of fused-ring (bicyclic) bond motifs is 4. The average molecular weight is 569 g/mol. The largest absolute Gasteiger partial charge is 0.472 e. The molecule has 0 bridgehead atoms. The van der Waals surface area contributed by atoms with Gasteiger partial charge in [0, 0.05) is 46.5 Å². The first-order valence-electron chi connectivity index (χ1n) is 14.9. The SMILES string of the molecule is COC(=O)C[C@H]1[C@]2(C)C3=C(C)[C@H](c4ccoc4)C[C@H]3O[C@@H]2[C@@H]2OC[C@]3(C)[C@H](O)C[C@H](OC(=O)C(C)=C(C)C)[C@@]1(C)[C@@H]23. The standard InChI is InChI=1S/C33H44O8/c1-16(2)17(3)30(36)41-24-13-23(34)31(5)15-39-27-28(31)32(24,6)22(12-25(35)37-8)33(7)26-18(4)20(19-9-10-38-14-19)11-21(26)40-29(27)33/h9-10,14,20-24,27-29,34H,11-13,15H2,1-8H3/t20-,21-,22-,23-,24+,27-,28+,29-,31-,32+,33-/m1/s1. The lowest BCUT2D eigenvalue weighted by atomic mass is 9.40. The van der Waals surface area contributed by atoms with Crippen LogP contribution < -0.4 is 0 Å². The van der Waals surface area contributed by atoms with Crippen molar-refractivity contribution in [3.63, 3.8) is 0 Å². The highest BCUT2D eigenvalue weighted by molar-refractivity contribution is 5.88. The number of aliphatic hydroxyl groups excluding tert-OH is 1. The average Bonchev–Trinajstić information content (AvgIpc) is 3.70. The van der Waals surface area contributed by atoms with Crippen LogP contribution in [0.1, 0.15) is 79.2 Å². The van der Waals surface area contributed by atoms with Crippen molar-refractivity contribution in [1.82, 2.24) is 0 Å². The van der Waals surface area contributed by atoms with Crippen LogP contribution in [-0.4, -0.2) is 61.3 Å². The van der Waals surface area contributed by atoms with Crippen molar-refractivity contribution in [2.75, 3.05) is 13.7 Å². The second-order valence-corrected chi connectivity index (χ2v) is 14.0. The van der Waals surface area contributed by atoms with Gasteiger partial charge in [0.05, 0.1) is 50.7 Å². The van der Waals surface area contributed by atoms with Crippen molar-refractivity contribution in [2.45, 2.75) is 104 Å². The molecular formula is C33H44O8. The van der Waals surface area contributed by atoms with Gasteiger partial charge in [0.2, 0.25) is 0 Å². The van der Waals surface area contributed by atoms with Gasteiger partial charge < -0.3 is 28.5 Å². The lowest BCUT2D eigenvalue weighted by Crippen LogP contribution is -2.70. The first-order valence-corrected chi connectivity index (χ1v) is 14.9. The molecule has 1 N–H and O–H groups in total. The van der Waals surface area contributed by atoms with E-state index in [-0.39, 0.29) is 60.8 Å². The summed E-state index contributed by atoms with van der Waals surface area (Å²) in [5, 5.41) is 11.6. The Bertz CT molecular complexity index is 1310. The van der Waals surface area contributed by atoms with Crippen LogP contribution in [0.15, 0.2) is 45.3 Å². The van der Waals surface area contributed by atoms with Crippen molar-refractivity contribution in [3.05, 3.63) is 46.4 Å². The minimum Gasteiger partial charge on any atom is -0.472 e. The zero-order chi connectivity index (χ0) is 29.6. The van der Waals surface area contributed by atoms with E-state index in [1.165, 1.54) is 18.3 Å². The zero-order valence-electron chi connectivity index (χ0n) is 25.5. The van der Waals surface area contributed by atoms with E-state index in [0.29, 0.717) is 12.2 Å². The molecule has 0 amide bonds. The molecule has 11 atom stereocenters. The fraction of sp³-hybridized carbons (Fsp3) is 0.697. The van der Waals surface area contributed by atoms with E-state index in [4.69, 9.17) is 23.4 Å². The van der Waals surface area contributed by atoms with Crippen molar-refractivity contribution >= 4 is 11.9 Å². The molecule has 224 valence electrons. The minimum atomic E-state index is -0.731. The van der Waals surface area contributed by atoms with Crippen LogP contribution in [-0.2, 0) is 28.5 Å². The summed E-state index contributed by atoms with van der Waals surface area (Å²) in [6.07, 6.45) is 2.62. The van der Waals surface area contributed by atoms with Gasteiger partial charge in [-0.2, -0.15) is 0 Å². The van der Waals surface area contributed by atoms with E-state index in [2.05, 4.69) is 27.7 Å². The Kier molecular flexibility index (Phi) is 6.68. The van der Waals surface area contributed by atoms with E-state index in [1.54, 1.807) is 19.5 Å². The van der Waals surface area contributed by atoms with Crippen molar-refractivity contribution < 1.29 is 38.1 Å². The molecule has 2 saturated carbocycles. The van der Waals surface area contributed by atoms with Gasteiger partial charge in [-0.3, -0.25) is 4.79 Å². The normalized spacial score (nSPS) is 44.2. The molecule has 3 heterocycles. The molecule has 8 nitrogen and oxygen atoms in total. The first kappa shape index (κ1) is 28.7. The van der Waals surface area contributed by atoms with Gasteiger partial charge in [-0.15, -0.1) is 0 Å². The Morgan fingerprint density at radius 3 is 2.51 bits per heavy atom. The summed E-state index contributed by atoms with van der Waals surface area (Å²) in [6, 6.07) is 2.01. The van der Waals surface area contributed by atoms with Gasteiger partial charge in [0.25, 0.3) is 0 Å². The molecule has 8 heteroatoms. The number of carbonyl (C=O) groups excluding carboxylic acids is 2. The third kappa shape index (κ3) is 3.75. The topological polar surface area (TPSA) is 104 Å². The van der Waals surface area contributed by atoms with Crippen molar-refractivity contribution in [1.29, 1.82) is 0 Å². The lowest BCUT2D eigenvalue weighted by Gasteiger charge is -2.65. The Hall–Kier alpha value is -2.42. The molecule has 2 aliphatic heterocycles. The molecule has 0 radical (unpaired) electrons. The maximum Gasteiger partial charge on any atom is 0.333 e. The molecule has 0 spiro atoms. The maximum atomic E-state index is 13.4. The fourth-order valence-electron chi connectivity index (χ4n) is 9.74. The third-order valence-electron chi connectivity index (χ3n) is 12.0. The molecule has 4 fully saturated rings. The van der Waals surface area contributed by atoms with E-state index in [1.807, 2.05) is 19.9 Å². The maximum absolute atomic E-state index is 13.4. The summed E-state index contributed by atoms with van der Waals surface area (Å²) >= 11 is 0. The second kappa shape index (κ2) is 9.55. The molecule has 2 saturated heterocycles. The van der Waals surface area contributed by atoms with Crippen LogP contribution >= 0.6 is 0 Å². The zero-order valence-corrected chi connectivity index (χ0v) is 25.5. The highest BCUT2D eigenvalue weighted by Gasteiger charge is 2.78. The van der Waals surface area contributed by atoms with Crippen LogP contribution in [0.5, 0.6) is 0 Å². The predicted octanol–water partition coefficient (Wildman–Crippen LogP) is 5.11. The van der Waals surface area contributed by atoms with Crippen LogP contribution in [0.3, 0.4) is 0 Å². The number of aliphatic hydroxyl groups is 1.